The first kappa shape index (κ1) is 29.1. The Labute approximate surface area is 292 Å². The molecule has 240 valence electrons. The molecule has 8 aromatic carbocycles. The van der Waals surface area contributed by atoms with E-state index in [1.165, 1.54) is 60.3 Å². The smallest absolute Gasteiger partial charge is 0.137 e. The van der Waals surface area contributed by atoms with Gasteiger partial charge >= 0.3 is 0 Å². The zero-order chi connectivity index (χ0) is 33.8. The highest BCUT2D eigenvalue weighted by atomic mass is 16.3. The predicted octanol–water partition coefficient (Wildman–Crippen LogP) is 13.8. The van der Waals surface area contributed by atoms with Gasteiger partial charge in [0.1, 0.15) is 11.2 Å². The molecule has 0 atom stereocenters. The zero-order valence-corrected chi connectivity index (χ0v) is 28.8. The zero-order valence-electron chi connectivity index (χ0n) is 28.8. The Morgan fingerprint density at radius 1 is 0.460 bits per heavy atom. The van der Waals surface area contributed by atoms with Crippen LogP contribution in [0.3, 0.4) is 0 Å². The average Bonchev–Trinajstić information content (AvgIpc) is 3.52. The summed E-state index contributed by atoms with van der Waals surface area (Å²) in [7, 11) is 0. The van der Waals surface area contributed by atoms with Crippen LogP contribution >= 0.6 is 0 Å². The molecule has 10 rings (SSSR count). The van der Waals surface area contributed by atoms with Gasteiger partial charge in [0.15, 0.2) is 0 Å². The van der Waals surface area contributed by atoms with E-state index in [4.69, 9.17) is 4.42 Å². The van der Waals surface area contributed by atoms with E-state index in [-0.39, 0.29) is 10.8 Å². The van der Waals surface area contributed by atoms with Crippen molar-refractivity contribution in [2.24, 2.45) is 0 Å². The van der Waals surface area contributed by atoms with E-state index < -0.39 is 0 Å². The van der Waals surface area contributed by atoms with Crippen molar-refractivity contribution in [3.05, 3.63) is 163 Å². The SMILES string of the molecule is CC1(C)c2cccc(N(c3ccccc3)c3ccc4c(c3)oc3ccccc34)c2-c2ccc3ccc4c5ccccc5ccc4c3c2C1(C)C. The summed E-state index contributed by atoms with van der Waals surface area (Å²) in [5, 5.41) is 10.1. The van der Waals surface area contributed by atoms with Gasteiger partial charge in [-0.2, -0.15) is 0 Å². The minimum Gasteiger partial charge on any atom is -0.456 e. The van der Waals surface area contributed by atoms with Crippen LogP contribution in [0.25, 0.3) is 65.4 Å². The van der Waals surface area contributed by atoms with E-state index in [1.54, 1.807) is 0 Å². The molecule has 0 radical (unpaired) electrons. The van der Waals surface area contributed by atoms with Gasteiger partial charge in [-0.1, -0.05) is 137 Å². The second kappa shape index (κ2) is 10.3. The van der Waals surface area contributed by atoms with Crippen molar-refractivity contribution in [2.45, 2.75) is 38.5 Å². The number of anilines is 3. The van der Waals surface area contributed by atoms with Crippen LogP contribution in [-0.2, 0) is 10.8 Å². The fraction of sp³-hybridized carbons (Fsp3) is 0.125. The third kappa shape index (κ3) is 3.91. The van der Waals surface area contributed by atoms with Gasteiger partial charge in [0.05, 0.1) is 5.69 Å². The molecule has 2 heteroatoms. The molecule has 50 heavy (non-hydrogen) atoms. The molecule has 0 aliphatic heterocycles. The van der Waals surface area contributed by atoms with Crippen LogP contribution in [-0.4, -0.2) is 0 Å². The highest BCUT2D eigenvalue weighted by molar-refractivity contribution is 6.20. The highest BCUT2D eigenvalue weighted by Crippen LogP contribution is 2.59. The lowest BCUT2D eigenvalue weighted by Crippen LogP contribution is -2.44. The normalized spacial score (nSPS) is 14.7. The van der Waals surface area contributed by atoms with E-state index in [0.29, 0.717) is 0 Å². The maximum Gasteiger partial charge on any atom is 0.137 e. The fourth-order valence-electron chi connectivity index (χ4n) is 8.81. The molecule has 9 aromatic rings. The topological polar surface area (TPSA) is 16.4 Å². The predicted molar refractivity (Wildman–Crippen MR) is 212 cm³/mol. The van der Waals surface area contributed by atoms with E-state index in [1.807, 2.05) is 6.07 Å². The van der Waals surface area contributed by atoms with Gasteiger partial charge in [-0.15, -0.1) is 0 Å². The number of para-hydroxylation sites is 2. The summed E-state index contributed by atoms with van der Waals surface area (Å²) in [6.07, 6.45) is 0. The van der Waals surface area contributed by atoms with Crippen LogP contribution in [0.15, 0.2) is 156 Å². The second-order valence-electron chi connectivity index (χ2n) is 14.9. The number of hydrogen-bond acceptors (Lipinski definition) is 2. The molecule has 0 fully saturated rings. The van der Waals surface area contributed by atoms with Gasteiger partial charge in [0, 0.05) is 39.2 Å². The van der Waals surface area contributed by atoms with Crippen LogP contribution in [0.2, 0.25) is 0 Å². The molecular weight excluding hydrogens is 607 g/mol. The Morgan fingerprint density at radius 2 is 1.14 bits per heavy atom. The third-order valence-electron chi connectivity index (χ3n) is 12.0. The van der Waals surface area contributed by atoms with Crippen LogP contribution < -0.4 is 4.90 Å². The van der Waals surface area contributed by atoms with Gasteiger partial charge in [-0.3, -0.25) is 0 Å². The number of furan rings is 1. The Balaban J connectivity index is 1.30. The largest absolute Gasteiger partial charge is 0.456 e. The van der Waals surface area contributed by atoms with E-state index in [9.17, 15) is 0 Å². The monoisotopic (exact) mass is 643 g/mol. The molecule has 0 bridgehead atoms. The summed E-state index contributed by atoms with van der Waals surface area (Å²) in [4.78, 5) is 2.42. The van der Waals surface area contributed by atoms with Crippen molar-refractivity contribution in [1.29, 1.82) is 0 Å². The maximum atomic E-state index is 6.44. The van der Waals surface area contributed by atoms with E-state index in [2.05, 4.69) is 178 Å². The van der Waals surface area contributed by atoms with Gasteiger partial charge in [0.2, 0.25) is 0 Å². The number of rotatable bonds is 3. The Bertz CT molecular complexity index is 2820. The Hall–Kier alpha value is -5.86. The standard InChI is InChI=1S/C48H37NO/c1-47(2)40-18-12-19-41(49(32-14-6-5-7-15-32)33-24-28-37-36-17-10-11-20-42(36)50-43(37)29-33)45(40)39-27-23-31-22-25-35-34-16-9-8-13-30(34)21-26-38(35)44(31)46(39)48(47,3)4/h5-29H,1-4H3. The van der Waals surface area contributed by atoms with Gasteiger partial charge in [0.25, 0.3) is 0 Å². The average molecular weight is 644 g/mol. The van der Waals surface area contributed by atoms with E-state index >= 15 is 0 Å². The number of hydrogen-bond donors (Lipinski definition) is 0. The molecule has 2 nitrogen and oxygen atoms in total. The van der Waals surface area contributed by atoms with Crippen LogP contribution in [0.4, 0.5) is 17.1 Å². The van der Waals surface area contributed by atoms with Gasteiger partial charge in [-0.05, 0) is 90.8 Å². The molecule has 1 aliphatic carbocycles. The number of nitrogens with zero attached hydrogens (tertiary/aromatic N) is 1. The summed E-state index contributed by atoms with van der Waals surface area (Å²) in [5.41, 5.74) is 10.2. The molecule has 1 heterocycles. The lowest BCUT2D eigenvalue weighted by molar-refractivity contribution is 0.301. The summed E-state index contributed by atoms with van der Waals surface area (Å²) in [5.74, 6) is 0. The molecule has 0 saturated carbocycles. The van der Waals surface area contributed by atoms with Crippen molar-refractivity contribution in [1.82, 2.24) is 0 Å². The third-order valence-corrected chi connectivity index (χ3v) is 12.0. The lowest BCUT2D eigenvalue weighted by Gasteiger charge is -2.50. The highest BCUT2D eigenvalue weighted by Gasteiger charge is 2.48. The van der Waals surface area contributed by atoms with Crippen molar-refractivity contribution in [3.63, 3.8) is 0 Å². The summed E-state index contributed by atoms with van der Waals surface area (Å²) in [6, 6.07) is 55.4. The summed E-state index contributed by atoms with van der Waals surface area (Å²) in [6.45, 7) is 9.77. The first-order chi connectivity index (χ1) is 24.3. The molecule has 0 N–H and O–H groups in total. The molecule has 0 unspecified atom stereocenters. The Morgan fingerprint density at radius 3 is 2.00 bits per heavy atom. The first-order valence-electron chi connectivity index (χ1n) is 17.6. The summed E-state index contributed by atoms with van der Waals surface area (Å²) < 4.78 is 6.44. The van der Waals surface area contributed by atoms with E-state index in [0.717, 1.165) is 33.3 Å². The molecule has 0 spiro atoms. The van der Waals surface area contributed by atoms with Crippen molar-refractivity contribution in [3.8, 4) is 11.1 Å². The van der Waals surface area contributed by atoms with Crippen LogP contribution in [0, 0.1) is 0 Å². The lowest BCUT2D eigenvalue weighted by atomic mass is 9.54. The second-order valence-corrected chi connectivity index (χ2v) is 14.9. The minimum atomic E-state index is -0.177. The first-order valence-corrected chi connectivity index (χ1v) is 17.6. The van der Waals surface area contributed by atoms with Crippen molar-refractivity contribution in [2.75, 3.05) is 4.90 Å². The molecule has 1 aromatic heterocycles. The number of benzene rings is 8. The summed E-state index contributed by atoms with van der Waals surface area (Å²) >= 11 is 0. The van der Waals surface area contributed by atoms with Gasteiger partial charge < -0.3 is 9.32 Å². The van der Waals surface area contributed by atoms with Crippen LogP contribution in [0.5, 0.6) is 0 Å². The molecule has 1 aliphatic rings. The van der Waals surface area contributed by atoms with Crippen LogP contribution in [0.1, 0.15) is 38.8 Å². The minimum absolute atomic E-state index is 0.168. The van der Waals surface area contributed by atoms with Crippen molar-refractivity contribution < 1.29 is 4.42 Å². The van der Waals surface area contributed by atoms with Crippen molar-refractivity contribution >= 4 is 71.3 Å². The molecule has 0 saturated heterocycles. The fourth-order valence-corrected chi connectivity index (χ4v) is 8.81. The number of fused-ring (bicyclic) bond motifs is 12. The molecule has 0 amide bonds. The Kier molecular flexibility index (Phi) is 6.01. The molecular formula is C48H37NO. The maximum absolute atomic E-state index is 6.44. The van der Waals surface area contributed by atoms with Gasteiger partial charge in [-0.25, -0.2) is 0 Å². The quantitative estimate of drug-likeness (QED) is 0.178.